The summed E-state index contributed by atoms with van der Waals surface area (Å²) in [7, 11) is 0. The van der Waals surface area contributed by atoms with Gasteiger partial charge in [0.25, 0.3) is 0 Å². The first-order chi connectivity index (χ1) is 9.63. The topological polar surface area (TPSA) is 29.9 Å². The summed E-state index contributed by atoms with van der Waals surface area (Å²) in [6.07, 6.45) is 1.16. The molecule has 0 aliphatic carbocycles. The van der Waals surface area contributed by atoms with Gasteiger partial charge in [-0.1, -0.05) is 31.2 Å². The Morgan fingerprint density at radius 2 is 1.90 bits per heavy atom. The first-order valence-electron chi connectivity index (χ1n) is 7.41. The molecule has 1 aromatic carbocycles. The maximum absolute atomic E-state index is 4.70. The predicted molar refractivity (Wildman–Crippen MR) is 84.0 cm³/mol. The average Bonchev–Trinajstić information content (AvgIpc) is 2.69. The van der Waals surface area contributed by atoms with Crippen molar-refractivity contribution in [3.63, 3.8) is 0 Å². The fourth-order valence-electron chi connectivity index (χ4n) is 2.48. The van der Waals surface area contributed by atoms with Gasteiger partial charge >= 0.3 is 0 Å². The zero-order valence-corrected chi connectivity index (χ0v) is 13.0. The number of aromatic nitrogens is 2. The lowest BCUT2D eigenvalue weighted by atomic mass is 10.1. The van der Waals surface area contributed by atoms with Crippen LogP contribution in [-0.4, -0.2) is 16.3 Å². The molecule has 0 saturated carbocycles. The average molecular weight is 271 g/mol. The molecule has 2 aromatic rings. The monoisotopic (exact) mass is 271 g/mol. The highest BCUT2D eigenvalue weighted by molar-refractivity contribution is 5.29. The van der Waals surface area contributed by atoms with Crippen molar-refractivity contribution in [2.45, 2.75) is 47.2 Å². The Hall–Kier alpha value is -1.61. The molecule has 0 spiro atoms. The molecule has 3 nitrogen and oxygen atoms in total. The number of aryl methyl sites for hydroxylation is 2. The van der Waals surface area contributed by atoms with Gasteiger partial charge < -0.3 is 5.32 Å². The van der Waals surface area contributed by atoms with E-state index in [4.69, 9.17) is 5.10 Å². The number of benzene rings is 1. The zero-order chi connectivity index (χ0) is 14.5. The Labute approximate surface area is 122 Å². The van der Waals surface area contributed by atoms with Crippen molar-refractivity contribution >= 4 is 0 Å². The van der Waals surface area contributed by atoms with E-state index in [1.165, 1.54) is 22.4 Å². The summed E-state index contributed by atoms with van der Waals surface area (Å²) >= 11 is 0. The minimum absolute atomic E-state index is 0.854. The molecule has 0 radical (unpaired) electrons. The van der Waals surface area contributed by atoms with Crippen LogP contribution in [0.4, 0.5) is 0 Å². The second kappa shape index (κ2) is 6.71. The Kier molecular flexibility index (Phi) is 4.96. The summed E-state index contributed by atoms with van der Waals surface area (Å²) < 4.78 is 2.13. The Morgan fingerprint density at radius 3 is 2.60 bits per heavy atom. The van der Waals surface area contributed by atoms with Crippen molar-refractivity contribution in [2.75, 3.05) is 6.54 Å². The second-order valence-corrected chi connectivity index (χ2v) is 5.41. The van der Waals surface area contributed by atoms with Crippen molar-refractivity contribution in [1.82, 2.24) is 15.1 Å². The Balaban J connectivity index is 2.17. The van der Waals surface area contributed by atoms with Crippen LogP contribution in [0.2, 0.25) is 0 Å². The van der Waals surface area contributed by atoms with E-state index in [0.29, 0.717) is 0 Å². The van der Waals surface area contributed by atoms with E-state index in [0.717, 1.165) is 31.7 Å². The smallest absolute Gasteiger partial charge is 0.0665 e. The molecular weight excluding hydrogens is 246 g/mol. The van der Waals surface area contributed by atoms with Gasteiger partial charge in [-0.05, 0) is 44.9 Å². The van der Waals surface area contributed by atoms with Crippen LogP contribution in [-0.2, 0) is 13.1 Å². The number of nitrogens with one attached hydrogen (secondary N) is 1. The summed E-state index contributed by atoms with van der Waals surface area (Å²) in [6.45, 7) is 11.4. The van der Waals surface area contributed by atoms with E-state index in [1.54, 1.807) is 0 Å². The second-order valence-electron chi connectivity index (χ2n) is 5.41. The largest absolute Gasteiger partial charge is 0.313 e. The zero-order valence-electron chi connectivity index (χ0n) is 13.0. The molecule has 0 atom stereocenters. The van der Waals surface area contributed by atoms with Crippen LogP contribution >= 0.6 is 0 Å². The molecule has 0 aliphatic rings. The summed E-state index contributed by atoms with van der Waals surface area (Å²) in [5.41, 5.74) is 6.41. The molecule has 0 aliphatic heterocycles. The molecule has 1 aromatic heterocycles. The van der Waals surface area contributed by atoms with Gasteiger partial charge in [0, 0.05) is 17.8 Å². The molecule has 0 unspecified atom stereocenters. The minimum Gasteiger partial charge on any atom is -0.313 e. The van der Waals surface area contributed by atoms with Crippen LogP contribution in [0.25, 0.3) is 0 Å². The van der Waals surface area contributed by atoms with Gasteiger partial charge in [-0.3, -0.25) is 4.68 Å². The van der Waals surface area contributed by atoms with Crippen LogP contribution in [0.1, 0.15) is 41.4 Å². The predicted octanol–water partition coefficient (Wildman–Crippen LogP) is 3.36. The summed E-state index contributed by atoms with van der Waals surface area (Å²) in [5.74, 6) is 0. The molecule has 1 heterocycles. The Morgan fingerprint density at radius 1 is 1.15 bits per heavy atom. The third kappa shape index (κ3) is 3.28. The number of rotatable bonds is 6. The van der Waals surface area contributed by atoms with Gasteiger partial charge in [0.1, 0.15) is 0 Å². The quantitative estimate of drug-likeness (QED) is 0.817. The van der Waals surface area contributed by atoms with Crippen LogP contribution in [0.15, 0.2) is 24.3 Å². The van der Waals surface area contributed by atoms with Crippen molar-refractivity contribution in [3.05, 3.63) is 52.3 Å². The highest BCUT2D eigenvalue weighted by atomic mass is 15.3. The van der Waals surface area contributed by atoms with Crippen LogP contribution in [0.5, 0.6) is 0 Å². The van der Waals surface area contributed by atoms with Crippen LogP contribution in [0.3, 0.4) is 0 Å². The maximum Gasteiger partial charge on any atom is 0.0665 e. The van der Waals surface area contributed by atoms with E-state index in [1.807, 2.05) is 0 Å². The first kappa shape index (κ1) is 14.8. The fourth-order valence-corrected chi connectivity index (χ4v) is 2.48. The van der Waals surface area contributed by atoms with E-state index in [2.05, 4.69) is 62.0 Å². The van der Waals surface area contributed by atoms with Crippen molar-refractivity contribution in [1.29, 1.82) is 0 Å². The van der Waals surface area contributed by atoms with Gasteiger partial charge in [-0.25, -0.2) is 0 Å². The van der Waals surface area contributed by atoms with Gasteiger partial charge in [0.2, 0.25) is 0 Å². The summed E-state index contributed by atoms with van der Waals surface area (Å²) in [5, 5.41) is 8.17. The van der Waals surface area contributed by atoms with Crippen LogP contribution < -0.4 is 5.32 Å². The van der Waals surface area contributed by atoms with Gasteiger partial charge in [0.15, 0.2) is 0 Å². The Bertz CT molecular complexity index is 570. The van der Waals surface area contributed by atoms with E-state index in [9.17, 15) is 0 Å². The fraction of sp³-hybridized carbons (Fsp3) is 0.471. The molecule has 0 saturated heterocycles. The molecule has 0 amide bonds. The molecule has 1 N–H and O–H groups in total. The highest BCUT2D eigenvalue weighted by Crippen LogP contribution is 2.16. The molecule has 0 fully saturated rings. The van der Waals surface area contributed by atoms with Crippen LogP contribution in [0, 0.1) is 20.8 Å². The standard InChI is InChI=1S/C17H25N3/c1-5-10-18-11-17-14(3)19-20(15(17)4)12-16-9-7-6-8-13(16)2/h6-9,18H,5,10-12H2,1-4H3. The summed E-state index contributed by atoms with van der Waals surface area (Å²) in [6, 6.07) is 8.52. The van der Waals surface area contributed by atoms with Gasteiger partial charge in [-0.2, -0.15) is 5.10 Å². The third-order valence-electron chi connectivity index (χ3n) is 3.84. The molecule has 108 valence electrons. The molecular formula is C17H25N3. The lowest BCUT2D eigenvalue weighted by Gasteiger charge is -2.08. The lowest BCUT2D eigenvalue weighted by Crippen LogP contribution is -2.15. The van der Waals surface area contributed by atoms with Gasteiger partial charge in [0.05, 0.1) is 12.2 Å². The van der Waals surface area contributed by atoms with Crippen molar-refractivity contribution in [2.24, 2.45) is 0 Å². The van der Waals surface area contributed by atoms with E-state index < -0.39 is 0 Å². The van der Waals surface area contributed by atoms with Gasteiger partial charge in [-0.15, -0.1) is 0 Å². The van der Waals surface area contributed by atoms with E-state index >= 15 is 0 Å². The first-order valence-corrected chi connectivity index (χ1v) is 7.41. The molecule has 0 bridgehead atoms. The highest BCUT2D eigenvalue weighted by Gasteiger charge is 2.11. The number of hydrogen-bond donors (Lipinski definition) is 1. The van der Waals surface area contributed by atoms with Crippen molar-refractivity contribution < 1.29 is 0 Å². The third-order valence-corrected chi connectivity index (χ3v) is 3.84. The molecule has 3 heteroatoms. The normalized spacial score (nSPS) is 11.0. The SMILES string of the molecule is CCCNCc1c(C)nn(Cc2ccccc2C)c1C. The summed E-state index contributed by atoms with van der Waals surface area (Å²) in [4.78, 5) is 0. The molecule has 2 rings (SSSR count). The molecule has 20 heavy (non-hydrogen) atoms. The minimum atomic E-state index is 0.854. The van der Waals surface area contributed by atoms with Crippen molar-refractivity contribution in [3.8, 4) is 0 Å². The lowest BCUT2D eigenvalue weighted by molar-refractivity contribution is 0.648. The number of nitrogens with zero attached hydrogens (tertiary/aromatic N) is 2. The number of hydrogen-bond acceptors (Lipinski definition) is 2. The van der Waals surface area contributed by atoms with E-state index in [-0.39, 0.29) is 0 Å². The maximum atomic E-state index is 4.70.